The van der Waals surface area contributed by atoms with Crippen LogP contribution < -0.4 is 0 Å². The highest BCUT2D eigenvalue weighted by molar-refractivity contribution is 6.06. The molecular weight excluding hydrogens is 717 g/mol. The quantitative estimate of drug-likeness (QED) is 0.137. The number of aliphatic hydroxyl groups is 1. The molecule has 0 aliphatic rings. The first-order chi connectivity index (χ1) is 27.5. The summed E-state index contributed by atoms with van der Waals surface area (Å²) in [6.07, 6.45) is 11.3. The number of aromatic nitrogens is 8. The van der Waals surface area contributed by atoms with Gasteiger partial charge in [-0.15, -0.1) is 0 Å². The molecule has 0 fully saturated rings. The molecule has 0 spiro atoms. The van der Waals surface area contributed by atoms with Crippen LogP contribution in [0.2, 0.25) is 0 Å². The van der Waals surface area contributed by atoms with Crippen LogP contribution in [0.3, 0.4) is 0 Å². The summed E-state index contributed by atoms with van der Waals surface area (Å²) in [5, 5.41) is 29.1. The summed E-state index contributed by atoms with van der Waals surface area (Å²) in [5.74, 6) is -1.11. The van der Waals surface area contributed by atoms with Crippen LogP contribution in [-0.2, 0) is 14.1 Å². The first-order valence-corrected chi connectivity index (χ1v) is 18.5. The number of fused-ring (bicyclic) bond motifs is 2. The van der Waals surface area contributed by atoms with Crippen LogP contribution in [-0.4, -0.2) is 68.1 Å². The number of benzene rings is 2. The lowest BCUT2D eigenvalue weighted by molar-refractivity contribution is 0.0690. The Morgan fingerprint density at radius 2 is 1.05 bits per heavy atom. The zero-order valence-corrected chi connectivity index (χ0v) is 32.6. The highest BCUT2D eigenvalue weighted by atomic mass is 16.4. The van der Waals surface area contributed by atoms with E-state index in [1.807, 2.05) is 87.2 Å². The molecule has 12 nitrogen and oxygen atoms in total. The number of carboxylic acids is 1. The third-order valence-electron chi connectivity index (χ3n) is 10.3. The third-order valence-corrected chi connectivity index (χ3v) is 10.3. The molecule has 0 atom stereocenters. The number of aromatic carboxylic acids is 1. The highest BCUT2D eigenvalue weighted by Crippen LogP contribution is 2.39. The maximum Gasteiger partial charge on any atom is 0.354 e. The van der Waals surface area contributed by atoms with E-state index in [1.165, 1.54) is 0 Å². The van der Waals surface area contributed by atoms with E-state index in [0.717, 1.165) is 83.3 Å². The number of ketones is 1. The highest BCUT2D eigenvalue weighted by Gasteiger charge is 2.21. The van der Waals surface area contributed by atoms with Gasteiger partial charge < -0.3 is 10.2 Å². The number of aryl methyl sites for hydroxylation is 6. The maximum absolute atomic E-state index is 12.7. The monoisotopic (exact) mass is 758 g/mol. The Morgan fingerprint density at radius 3 is 1.46 bits per heavy atom. The lowest BCUT2D eigenvalue weighted by atomic mass is 9.90. The van der Waals surface area contributed by atoms with E-state index in [0.29, 0.717) is 17.6 Å². The summed E-state index contributed by atoms with van der Waals surface area (Å²) >= 11 is 0. The Kier molecular flexibility index (Phi) is 10.8. The molecule has 0 saturated heterocycles. The molecule has 6 heterocycles. The number of hydrogen-bond donors (Lipinski definition) is 2. The van der Waals surface area contributed by atoms with Crippen LogP contribution in [0.4, 0.5) is 0 Å². The number of carboxylic acid groups (broad SMARTS) is 1. The Bertz CT molecular complexity index is 2790. The van der Waals surface area contributed by atoms with E-state index < -0.39 is 5.97 Å². The van der Waals surface area contributed by atoms with E-state index in [9.17, 15) is 14.7 Å². The SMILES string of the molecule is Cc1cc2nc(C(=O)CCCO)cc(-c3ccnn3C)c2c(C)c1-c1ccncc1.Cc1cc2nc(C(=O)O)cc(-c3ccnn3C)c2c(C)c1-c1ccncc1. The second-order valence-corrected chi connectivity index (χ2v) is 14.0. The van der Waals surface area contributed by atoms with Crippen LogP contribution in [0.25, 0.3) is 66.6 Å². The average Bonchev–Trinajstić information content (AvgIpc) is 3.84. The van der Waals surface area contributed by atoms with Gasteiger partial charge in [0, 0.05) is 86.2 Å². The molecule has 6 aromatic heterocycles. The van der Waals surface area contributed by atoms with Crippen LogP contribution in [0.5, 0.6) is 0 Å². The first-order valence-electron chi connectivity index (χ1n) is 18.5. The molecule has 0 bridgehead atoms. The van der Waals surface area contributed by atoms with E-state index in [2.05, 4.69) is 39.0 Å². The number of aliphatic hydroxyl groups excluding tert-OH is 1. The molecule has 0 unspecified atom stereocenters. The molecule has 57 heavy (non-hydrogen) atoms. The maximum atomic E-state index is 12.7. The van der Waals surface area contributed by atoms with Crippen LogP contribution in [0.15, 0.2) is 97.8 Å². The van der Waals surface area contributed by atoms with Crippen molar-refractivity contribution in [2.45, 2.75) is 40.5 Å². The van der Waals surface area contributed by atoms with Crippen LogP contribution in [0, 0.1) is 27.7 Å². The van der Waals surface area contributed by atoms with Crippen LogP contribution in [0.1, 0.15) is 56.1 Å². The van der Waals surface area contributed by atoms with Crippen molar-refractivity contribution in [3.8, 4) is 44.8 Å². The number of carbonyl (C=O) groups is 2. The van der Waals surface area contributed by atoms with E-state index in [1.54, 1.807) is 47.9 Å². The van der Waals surface area contributed by atoms with E-state index in [-0.39, 0.29) is 24.5 Å². The molecule has 286 valence electrons. The third kappa shape index (κ3) is 7.42. The Morgan fingerprint density at radius 1 is 0.614 bits per heavy atom. The van der Waals surface area contributed by atoms with Gasteiger partial charge in [0.1, 0.15) is 11.4 Å². The number of nitrogens with zero attached hydrogens (tertiary/aromatic N) is 8. The van der Waals surface area contributed by atoms with Gasteiger partial charge in [-0.1, -0.05) is 0 Å². The van der Waals surface area contributed by atoms with E-state index in [4.69, 9.17) is 10.1 Å². The molecule has 0 radical (unpaired) electrons. The second-order valence-electron chi connectivity index (χ2n) is 14.0. The molecule has 8 rings (SSSR count). The Labute approximate surface area is 329 Å². The van der Waals surface area contributed by atoms with Gasteiger partial charge in [0.2, 0.25) is 0 Å². The van der Waals surface area contributed by atoms with Crippen molar-refractivity contribution in [3.05, 3.63) is 131 Å². The molecule has 0 saturated carbocycles. The Hall–Kier alpha value is -6.92. The fourth-order valence-corrected chi connectivity index (χ4v) is 7.75. The number of carbonyl (C=O) groups excluding carboxylic acids is 1. The van der Waals surface area contributed by atoms with Crippen molar-refractivity contribution < 1.29 is 19.8 Å². The smallest absolute Gasteiger partial charge is 0.354 e. The molecule has 0 aliphatic heterocycles. The fraction of sp³-hybridized carbons (Fsp3) is 0.200. The zero-order valence-electron chi connectivity index (χ0n) is 32.6. The predicted octanol–water partition coefficient (Wildman–Crippen LogP) is 8.28. The lowest BCUT2D eigenvalue weighted by Crippen LogP contribution is -2.06. The molecule has 0 aliphatic carbocycles. The number of hydrogen-bond acceptors (Lipinski definition) is 9. The molecule has 2 aromatic carbocycles. The number of rotatable bonds is 9. The van der Waals surface area contributed by atoms with Gasteiger partial charge in [0.05, 0.1) is 22.4 Å². The fourth-order valence-electron chi connectivity index (χ4n) is 7.75. The summed E-state index contributed by atoms with van der Waals surface area (Å²) in [7, 11) is 3.73. The van der Waals surface area contributed by atoms with Gasteiger partial charge >= 0.3 is 5.97 Å². The van der Waals surface area contributed by atoms with Crippen molar-refractivity contribution >= 4 is 33.6 Å². The van der Waals surface area contributed by atoms with E-state index >= 15 is 0 Å². The Balaban J connectivity index is 0.000000175. The van der Waals surface area contributed by atoms with Crippen LogP contribution >= 0.6 is 0 Å². The van der Waals surface area contributed by atoms with Gasteiger partial charge in [-0.2, -0.15) is 10.2 Å². The molecule has 8 aromatic rings. The summed E-state index contributed by atoms with van der Waals surface area (Å²) in [6.45, 7) is 8.21. The van der Waals surface area contributed by atoms with Gasteiger partial charge in [0.15, 0.2) is 5.78 Å². The molecule has 12 heteroatoms. The normalized spacial score (nSPS) is 11.1. The number of Topliss-reactive ketones (excluding diaryl/α,β-unsaturated/α-hetero) is 1. The average molecular weight is 759 g/mol. The predicted molar refractivity (Wildman–Crippen MR) is 221 cm³/mol. The number of pyridine rings is 4. The minimum absolute atomic E-state index is 0.0125. The van der Waals surface area contributed by atoms with Crippen molar-refractivity contribution in [3.63, 3.8) is 0 Å². The lowest BCUT2D eigenvalue weighted by Gasteiger charge is -2.17. The van der Waals surface area contributed by atoms with Crippen molar-refractivity contribution in [1.29, 1.82) is 0 Å². The standard InChI is InChI=1S/C24H24N4O2.C21H18N4O2/c1-15-13-20-24(16(2)23(15)17-6-9-25-10-7-17)18(21-8-11-26-28(21)3)14-19(27-20)22(30)5-4-12-29;1-12-10-16-20(13(2)19(12)14-4-7-22-8-5-14)15(11-17(24-16)21(26)27)18-6-9-23-25(18)3/h6-11,13-14,29H,4-5,12H2,1-3H3;4-11H,1-3H3,(H,26,27). The van der Waals surface area contributed by atoms with Crippen molar-refractivity contribution in [1.82, 2.24) is 39.5 Å². The molecule has 0 amide bonds. The zero-order chi connectivity index (χ0) is 40.4. The second kappa shape index (κ2) is 16.0. The topological polar surface area (TPSA) is 162 Å². The van der Waals surface area contributed by atoms with Gasteiger partial charge in [-0.25, -0.2) is 14.8 Å². The molecular formula is C45H42N8O4. The summed E-state index contributed by atoms with van der Waals surface area (Å²) in [6, 6.07) is 19.3. The van der Waals surface area contributed by atoms with Gasteiger partial charge in [0.25, 0.3) is 0 Å². The largest absolute Gasteiger partial charge is 0.477 e. The van der Waals surface area contributed by atoms with Gasteiger partial charge in [-0.3, -0.25) is 24.1 Å². The minimum atomic E-state index is -1.05. The van der Waals surface area contributed by atoms with Crippen molar-refractivity contribution in [2.75, 3.05) is 6.61 Å². The summed E-state index contributed by atoms with van der Waals surface area (Å²) < 4.78 is 3.55. The minimum Gasteiger partial charge on any atom is -0.477 e. The molecule has 2 N–H and O–H groups in total. The van der Waals surface area contributed by atoms with Gasteiger partial charge in [-0.05, 0) is 139 Å². The summed E-state index contributed by atoms with van der Waals surface area (Å²) in [4.78, 5) is 41.7. The first kappa shape index (κ1) is 38.4. The van der Waals surface area contributed by atoms with Crippen molar-refractivity contribution in [2.24, 2.45) is 14.1 Å². The summed E-state index contributed by atoms with van der Waals surface area (Å²) in [5.41, 5.74) is 14.1.